The topological polar surface area (TPSA) is 40.5 Å². The van der Waals surface area contributed by atoms with Gasteiger partial charge in [0.1, 0.15) is 5.01 Å². The van der Waals surface area contributed by atoms with Crippen molar-refractivity contribution in [2.75, 3.05) is 21.1 Å². The quantitative estimate of drug-likeness (QED) is 0.624. The van der Waals surface area contributed by atoms with E-state index in [0.29, 0.717) is 0 Å². The Bertz CT molecular complexity index is 330. The largest absolute Gasteiger partial charge is 0.350 e. The van der Waals surface area contributed by atoms with Gasteiger partial charge in [-0.15, -0.1) is 11.3 Å². The molecule has 1 aromatic heterocycles. The first-order valence-corrected chi connectivity index (χ1v) is 5.80. The van der Waals surface area contributed by atoms with Crippen LogP contribution in [-0.2, 0) is 13.0 Å². The zero-order valence-corrected chi connectivity index (χ0v) is 10.6. The van der Waals surface area contributed by atoms with Gasteiger partial charge in [0.25, 0.3) is 0 Å². The van der Waals surface area contributed by atoms with Crippen LogP contribution in [-0.4, -0.2) is 37.0 Å². The van der Waals surface area contributed by atoms with Gasteiger partial charge in [-0.1, -0.05) is 6.92 Å². The van der Waals surface area contributed by atoms with Crippen molar-refractivity contribution in [3.63, 3.8) is 0 Å². The third kappa shape index (κ3) is 3.51. The Labute approximate surface area is 95.1 Å². The van der Waals surface area contributed by atoms with Crippen LogP contribution in [0.5, 0.6) is 0 Å². The highest BCUT2D eigenvalue weighted by molar-refractivity contribution is 7.11. The fourth-order valence-electron chi connectivity index (χ4n) is 1.19. The molecule has 5 heteroatoms. The maximum Gasteiger partial charge on any atom is 0.193 e. The van der Waals surface area contributed by atoms with Crippen molar-refractivity contribution in [3.05, 3.63) is 16.1 Å². The van der Waals surface area contributed by atoms with Gasteiger partial charge in [-0.05, 0) is 6.42 Å². The number of nitrogens with one attached hydrogen (secondary N) is 1. The summed E-state index contributed by atoms with van der Waals surface area (Å²) >= 11 is 1.75. The molecule has 1 heterocycles. The molecular weight excluding hydrogens is 208 g/mol. The van der Waals surface area contributed by atoms with Gasteiger partial charge in [-0.2, -0.15) is 0 Å². The summed E-state index contributed by atoms with van der Waals surface area (Å²) in [6, 6.07) is 0. The van der Waals surface area contributed by atoms with Crippen LogP contribution in [0.15, 0.2) is 11.2 Å². The van der Waals surface area contributed by atoms with E-state index in [1.54, 1.807) is 18.4 Å². The molecule has 0 atom stereocenters. The molecule has 1 N–H and O–H groups in total. The molecule has 0 saturated carbocycles. The van der Waals surface area contributed by atoms with E-state index in [0.717, 1.165) is 23.9 Å². The molecule has 1 rings (SSSR count). The van der Waals surface area contributed by atoms with Gasteiger partial charge in [0, 0.05) is 32.2 Å². The number of aryl methyl sites for hydroxylation is 1. The summed E-state index contributed by atoms with van der Waals surface area (Å²) < 4.78 is 0. The first-order valence-electron chi connectivity index (χ1n) is 4.99. The van der Waals surface area contributed by atoms with E-state index in [1.807, 2.05) is 25.2 Å². The van der Waals surface area contributed by atoms with E-state index in [1.165, 1.54) is 4.88 Å². The van der Waals surface area contributed by atoms with Crippen molar-refractivity contribution in [2.45, 2.75) is 19.9 Å². The summed E-state index contributed by atoms with van der Waals surface area (Å²) in [5, 5.41) is 4.35. The first-order chi connectivity index (χ1) is 7.17. The fourth-order valence-corrected chi connectivity index (χ4v) is 1.99. The van der Waals surface area contributed by atoms with Gasteiger partial charge < -0.3 is 10.2 Å². The summed E-state index contributed by atoms with van der Waals surface area (Å²) in [6.45, 7) is 2.89. The van der Waals surface area contributed by atoms with Crippen LogP contribution in [0.1, 0.15) is 16.8 Å². The maximum atomic E-state index is 4.34. The molecule has 0 saturated heterocycles. The fraction of sp³-hybridized carbons (Fsp3) is 0.600. The molecular formula is C10H18N4S. The SMILES string of the molecule is CCc1cnc(CNC(=NC)N(C)C)s1. The van der Waals surface area contributed by atoms with Crippen molar-refractivity contribution in [1.82, 2.24) is 15.2 Å². The van der Waals surface area contributed by atoms with E-state index in [2.05, 4.69) is 22.2 Å². The highest BCUT2D eigenvalue weighted by Gasteiger charge is 2.03. The molecule has 0 bridgehead atoms. The Hall–Kier alpha value is -1.10. The van der Waals surface area contributed by atoms with E-state index >= 15 is 0 Å². The molecule has 0 radical (unpaired) electrons. The lowest BCUT2D eigenvalue weighted by atomic mass is 10.4. The molecule has 15 heavy (non-hydrogen) atoms. The van der Waals surface area contributed by atoms with Crippen LogP contribution in [0.25, 0.3) is 0 Å². The van der Waals surface area contributed by atoms with Crippen molar-refractivity contribution in [3.8, 4) is 0 Å². The minimum atomic E-state index is 0.746. The van der Waals surface area contributed by atoms with Crippen LogP contribution >= 0.6 is 11.3 Å². The van der Waals surface area contributed by atoms with Gasteiger partial charge in [0.15, 0.2) is 5.96 Å². The van der Waals surface area contributed by atoms with Crippen LogP contribution < -0.4 is 5.32 Å². The van der Waals surface area contributed by atoms with E-state index in [4.69, 9.17) is 0 Å². The monoisotopic (exact) mass is 226 g/mol. The van der Waals surface area contributed by atoms with Gasteiger partial charge >= 0.3 is 0 Å². The molecule has 84 valence electrons. The van der Waals surface area contributed by atoms with E-state index in [9.17, 15) is 0 Å². The van der Waals surface area contributed by atoms with Crippen molar-refractivity contribution in [2.24, 2.45) is 4.99 Å². The van der Waals surface area contributed by atoms with Gasteiger partial charge in [-0.25, -0.2) is 4.98 Å². The molecule has 1 aromatic rings. The molecule has 0 unspecified atom stereocenters. The number of aromatic nitrogens is 1. The molecule has 0 fully saturated rings. The Morgan fingerprint density at radius 2 is 2.33 bits per heavy atom. The summed E-state index contributed by atoms with van der Waals surface area (Å²) in [5.41, 5.74) is 0. The summed E-state index contributed by atoms with van der Waals surface area (Å²) in [6.07, 6.45) is 3.00. The molecule has 0 aliphatic carbocycles. The van der Waals surface area contributed by atoms with Crippen molar-refractivity contribution < 1.29 is 0 Å². The second kappa shape index (κ2) is 5.70. The van der Waals surface area contributed by atoms with Crippen LogP contribution in [0.4, 0.5) is 0 Å². The van der Waals surface area contributed by atoms with Gasteiger partial charge in [0.05, 0.1) is 6.54 Å². The molecule has 0 aliphatic rings. The minimum Gasteiger partial charge on any atom is -0.350 e. The standard InChI is InChI=1S/C10H18N4S/c1-5-8-6-12-9(15-8)7-13-10(11-2)14(3)4/h6H,5,7H2,1-4H3,(H,11,13). The Balaban J connectivity index is 2.49. The first kappa shape index (κ1) is 12.0. The predicted molar refractivity (Wildman–Crippen MR) is 65.4 cm³/mol. The highest BCUT2D eigenvalue weighted by Crippen LogP contribution is 2.12. The number of hydrogen-bond acceptors (Lipinski definition) is 3. The maximum absolute atomic E-state index is 4.34. The lowest BCUT2D eigenvalue weighted by Gasteiger charge is -2.15. The van der Waals surface area contributed by atoms with Crippen molar-refractivity contribution in [1.29, 1.82) is 0 Å². The molecule has 0 amide bonds. The number of aliphatic imine (C=N–C) groups is 1. The molecule has 0 spiro atoms. The smallest absolute Gasteiger partial charge is 0.193 e. The number of thiazole rings is 1. The summed E-state index contributed by atoms with van der Waals surface area (Å²) in [5.74, 6) is 0.878. The third-order valence-corrected chi connectivity index (χ3v) is 3.12. The number of guanidine groups is 1. The second-order valence-electron chi connectivity index (χ2n) is 3.37. The normalized spacial score (nSPS) is 11.6. The lowest BCUT2D eigenvalue weighted by molar-refractivity contribution is 0.582. The van der Waals surface area contributed by atoms with Crippen LogP contribution in [0, 0.1) is 0 Å². The van der Waals surface area contributed by atoms with Crippen molar-refractivity contribution >= 4 is 17.3 Å². The average Bonchev–Trinajstić information content (AvgIpc) is 2.66. The third-order valence-electron chi connectivity index (χ3n) is 1.98. The van der Waals surface area contributed by atoms with E-state index in [-0.39, 0.29) is 0 Å². The summed E-state index contributed by atoms with van der Waals surface area (Å²) in [7, 11) is 5.71. The zero-order valence-electron chi connectivity index (χ0n) is 9.74. The Morgan fingerprint density at radius 1 is 1.60 bits per heavy atom. The molecule has 0 aliphatic heterocycles. The summed E-state index contributed by atoms with van der Waals surface area (Å²) in [4.78, 5) is 11.8. The Morgan fingerprint density at radius 3 is 2.80 bits per heavy atom. The van der Waals surface area contributed by atoms with Crippen LogP contribution in [0.2, 0.25) is 0 Å². The average molecular weight is 226 g/mol. The molecule has 0 aromatic carbocycles. The van der Waals surface area contributed by atoms with Gasteiger partial charge in [0.2, 0.25) is 0 Å². The predicted octanol–water partition coefficient (Wildman–Crippen LogP) is 1.34. The van der Waals surface area contributed by atoms with Crippen LogP contribution in [0.3, 0.4) is 0 Å². The van der Waals surface area contributed by atoms with Gasteiger partial charge in [-0.3, -0.25) is 4.99 Å². The Kier molecular flexibility index (Phi) is 4.55. The minimum absolute atomic E-state index is 0.746. The molecule has 4 nitrogen and oxygen atoms in total. The van der Waals surface area contributed by atoms with E-state index < -0.39 is 0 Å². The second-order valence-corrected chi connectivity index (χ2v) is 4.57. The number of hydrogen-bond donors (Lipinski definition) is 1. The number of nitrogens with zero attached hydrogens (tertiary/aromatic N) is 3. The lowest BCUT2D eigenvalue weighted by Crippen LogP contribution is -2.35. The highest BCUT2D eigenvalue weighted by atomic mass is 32.1. The number of rotatable bonds is 3. The zero-order chi connectivity index (χ0) is 11.3.